The normalized spacial score (nSPS) is 15.8. The van der Waals surface area contributed by atoms with E-state index in [2.05, 4.69) is 41.9 Å². The Hall–Kier alpha value is -1.25. The van der Waals surface area contributed by atoms with Gasteiger partial charge >= 0.3 is 0 Å². The van der Waals surface area contributed by atoms with Crippen LogP contribution in [0.1, 0.15) is 24.6 Å². The van der Waals surface area contributed by atoms with Crippen LogP contribution >= 0.6 is 11.6 Å². The van der Waals surface area contributed by atoms with Gasteiger partial charge in [0.1, 0.15) is 0 Å². The van der Waals surface area contributed by atoms with Crippen LogP contribution in [0.4, 0.5) is 0 Å². The fourth-order valence-corrected chi connectivity index (χ4v) is 3.29. The van der Waals surface area contributed by atoms with Gasteiger partial charge in [0.05, 0.1) is 0 Å². The SMILES string of the molecule is CCn1c(C)c(C2=CCNCC2)c2cc(Cl)ccc21. The summed E-state index contributed by atoms with van der Waals surface area (Å²) >= 11 is 6.19. The molecule has 0 spiro atoms. The molecule has 1 aliphatic rings. The lowest BCUT2D eigenvalue weighted by Gasteiger charge is -2.15. The first-order valence-corrected chi connectivity index (χ1v) is 7.28. The van der Waals surface area contributed by atoms with Crippen LogP contribution in [0.5, 0.6) is 0 Å². The molecule has 0 bridgehead atoms. The predicted molar refractivity (Wildman–Crippen MR) is 82.8 cm³/mol. The van der Waals surface area contributed by atoms with Crippen LogP contribution < -0.4 is 5.32 Å². The molecule has 0 saturated carbocycles. The molecular formula is C16H19ClN2. The molecule has 2 aromatic rings. The largest absolute Gasteiger partial charge is 0.345 e. The Morgan fingerprint density at radius 2 is 2.21 bits per heavy atom. The molecule has 3 heteroatoms. The van der Waals surface area contributed by atoms with Crippen LogP contribution in [0, 0.1) is 6.92 Å². The second kappa shape index (κ2) is 5.03. The number of benzene rings is 1. The Bertz CT molecular complexity index is 652. The van der Waals surface area contributed by atoms with Crippen molar-refractivity contribution >= 4 is 28.1 Å². The molecule has 0 atom stereocenters. The molecule has 3 rings (SSSR count). The summed E-state index contributed by atoms with van der Waals surface area (Å²) < 4.78 is 2.38. The number of fused-ring (bicyclic) bond motifs is 1. The van der Waals surface area contributed by atoms with Gasteiger partial charge in [-0.2, -0.15) is 0 Å². The number of aromatic nitrogens is 1. The van der Waals surface area contributed by atoms with Gasteiger partial charge in [0.25, 0.3) is 0 Å². The molecule has 2 heterocycles. The van der Waals surface area contributed by atoms with Gasteiger partial charge in [0.2, 0.25) is 0 Å². The molecule has 0 unspecified atom stereocenters. The standard InChI is InChI=1S/C16H19ClN2/c1-3-19-11(2)16(12-6-8-18-9-7-12)14-10-13(17)4-5-15(14)19/h4-6,10,18H,3,7-9H2,1-2H3. The van der Waals surface area contributed by atoms with Crippen LogP contribution in [-0.2, 0) is 6.54 Å². The van der Waals surface area contributed by atoms with E-state index >= 15 is 0 Å². The van der Waals surface area contributed by atoms with Gasteiger partial charge in [0.15, 0.2) is 0 Å². The van der Waals surface area contributed by atoms with Crippen LogP contribution in [0.3, 0.4) is 0 Å². The molecule has 1 aromatic carbocycles. The first-order chi connectivity index (χ1) is 9.22. The highest BCUT2D eigenvalue weighted by Gasteiger charge is 2.17. The predicted octanol–water partition coefficient (Wildman–Crippen LogP) is 4.00. The minimum absolute atomic E-state index is 0.816. The summed E-state index contributed by atoms with van der Waals surface area (Å²) in [6.45, 7) is 7.44. The van der Waals surface area contributed by atoms with Gasteiger partial charge < -0.3 is 9.88 Å². The van der Waals surface area contributed by atoms with E-state index in [0.717, 1.165) is 31.1 Å². The monoisotopic (exact) mass is 274 g/mol. The van der Waals surface area contributed by atoms with Crippen molar-refractivity contribution in [3.8, 4) is 0 Å². The van der Waals surface area contributed by atoms with E-state index < -0.39 is 0 Å². The van der Waals surface area contributed by atoms with E-state index in [9.17, 15) is 0 Å². The summed E-state index contributed by atoms with van der Waals surface area (Å²) in [6.07, 6.45) is 3.41. The molecule has 100 valence electrons. The van der Waals surface area contributed by atoms with Crippen molar-refractivity contribution in [2.24, 2.45) is 0 Å². The van der Waals surface area contributed by atoms with Crippen molar-refractivity contribution in [3.05, 3.63) is 40.6 Å². The Kier molecular flexibility index (Phi) is 3.38. The van der Waals surface area contributed by atoms with Crippen molar-refractivity contribution in [3.63, 3.8) is 0 Å². The van der Waals surface area contributed by atoms with Gasteiger partial charge in [-0.3, -0.25) is 0 Å². The second-order valence-corrected chi connectivity index (χ2v) is 5.49. The number of halogens is 1. The first-order valence-electron chi connectivity index (χ1n) is 6.91. The van der Waals surface area contributed by atoms with Gasteiger partial charge in [0, 0.05) is 40.3 Å². The van der Waals surface area contributed by atoms with Gasteiger partial charge in [-0.05, 0) is 50.6 Å². The quantitative estimate of drug-likeness (QED) is 0.876. The average Bonchev–Trinajstić information content (AvgIpc) is 2.70. The lowest BCUT2D eigenvalue weighted by molar-refractivity contribution is 0.735. The Morgan fingerprint density at radius 1 is 1.37 bits per heavy atom. The highest BCUT2D eigenvalue weighted by molar-refractivity contribution is 6.31. The summed E-state index contributed by atoms with van der Waals surface area (Å²) in [7, 11) is 0. The number of rotatable bonds is 2. The number of aryl methyl sites for hydroxylation is 1. The minimum atomic E-state index is 0.816. The third-order valence-corrected chi connectivity index (χ3v) is 4.22. The Morgan fingerprint density at radius 3 is 2.89 bits per heavy atom. The van der Waals surface area contributed by atoms with Crippen molar-refractivity contribution in [1.82, 2.24) is 9.88 Å². The summed E-state index contributed by atoms with van der Waals surface area (Å²) in [5, 5.41) is 5.48. The fourth-order valence-electron chi connectivity index (χ4n) is 3.12. The molecule has 0 radical (unpaired) electrons. The number of nitrogens with zero attached hydrogens (tertiary/aromatic N) is 1. The molecule has 0 amide bonds. The van der Waals surface area contributed by atoms with Crippen molar-refractivity contribution in [2.45, 2.75) is 26.8 Å². The van der Waals surface area contributed by atoms with Crippen molar-refractivity contribution in [2.75, 3.05) is 13.1 Å². The summed E-state index contributed by atoms with van der Waals surface area (Å²) in [5.41, 5.74) is 5.49. The zero-order chi connectivity index (χ0) is 13.4. The first kappa shape index (κ1) is 12.8. The lowest BCUT2D eigenvalue weighted by atomic mass is 9.97. The molecule has 0 fully saturated rings. The third kappa shape index (κ3) is 2.09. The highest BCUT2D eigenvalue weighted by Crippen LogP contribution is 2.34. The maximum absolute atomic E-state index is 6.19. The topological polar surface area (TPSA) is 17.0 Å². The molecule has 1 aromatic heterocycles. The zero-order valence-electron chi connectivity index (χ0n) is 11.5. The van der Waals surface area contributed by atoms with E-state index in [0.29, 0.717) is 0 Å². The minimum Gasteiger partial charge on any atom is -0.345 e. The molecule has 1 N–H and O–H groups in total. The fraction of sp³-hybridized carbons (Fsp3) is 0.375. The zero-order valence-corrected chi connectivity index (χ0v) is 12.2. The maximum Gasteiger partial charge on any atom is 0.0489 e. The average molecular weight is 275 g/mol. The van der Waals surface area contributed by atoms with Crippen molar-refractivity contribution < 1.29 is 0 Å². The Balaban J connectivity index is 2.30. The van der Waals surface area contributed by atoms with Crippen LogP contribution in [0.25, 0.3) is 16.5 Å². The second-order valence-electron chi connectivity index (χ2n) is 5.05. The smallest absolute Gasteiger partial charge is 0.0489 e. The summed E-state index contributed by atoms with van der Waals surface area (Å²) in [6, 6.07) is 6.23. The number of hydrogen-bond donors (Lipinski definition) is 1. The number of hydrogen-bond acceptors (Lipinski definition) is 1. The molecule has 2 nitrogen and oxygen atoms in total. The van der Waals surface area contributed by atoms with E-state index in [1.54, 1.807) is 0 Å². The van der Waals surface area contributed by atoms with E-state index in [1.807, 2.05) is 6.07 Å². The molecule has 1 aliphatic heterocycles. The molecule has 19 heavy (non-hydrogen) atoms. The van der Waals surface area contributed by atoms with Crippen LogP contribution in [0.15, 0.2) is 24.3 Å². The van der Waals surface area contributed by atoms with E-state index in [4.69, 9.17) is 11.6 Å². The third-order valence-electron chi connectivity index (χ3n) is 3.99. The van der Waals surface area contributed by atoms with Crippen LogP contribution in [-0.4, -0.2) is 17.7 Å². The van der Waals surface area contributed by atoms with Gasteiger partial charge in [-0.15, -0.1) is 0 Å². The number of nitrogens with one attached hydrogen (secondary N) is 1. The van der Waals surface area contributed by atoms with E-state index in [-0.39, 0.29) is 0 Å². The molecular weight excluding hydrogens is 256 g/mol. The highest BCUT2D eigenvalue weighted by atomic mass is 35.5. The van der Waals surface area contributed by atoms with Crippen molar-refractivity contribution in [1.29, 1.82) is 0 Å². The summed E-state index contributed by atoms with van der Waals surface area (Å²) in [5.74, 6) is 0. The van der Waals surface area contributed by atoms with Gasteiger partial charge in [-0.1, -0.05) is 17.7 Å². The van der Waals surface area contributed by atoms with Gasteiger partial charge in [-0.25, -0.2) is 0 Å². The maximum atomic E-state index is 6.19. The summed E-state index contributed by atoms with van der Waals surface area (Å²) in [4.78, 5) is 0. The van der Waals surface area contributed by atoms with Crippen LogP contribution in [0.2, 0.25) is 5.02 Å². The Labute approximate surface area is 119 Å². The molecule has 0 saturated heterocycles. The lowest BCUT2D eigenvalue weighted by Crippen LogP contribution is -2.20. The van der Waals surface area contributed by atoms with E-state index in [1.165, 1.54) is 27.7 Å². The molecule has 0 aliphatic carbocycles.